The average Bonchev–Trinajstić information content (AvgIpc) is 2.61. The van der Waals surface area contributed by atoms with Crippen molar-refractivity contribution >= 4 is 11.7 Å². The minimum absolute atomic E-state index is 0.110. The number of aryl methyl sites for hydroxylation is 2. The first kappa shape index (κ1) is 18.5. The van der Waals surface area contributed by atoms with Crippen molar-refractivity contribution in [2.24, 2.45) is 5.92 Å². The Labute approximate surface area is 156 Å². The van der Waals surface area contributed by atoms with E-state index in [1.54, 1.807) is 0 Å². The summed E-state index contributed by atoms with van der Waals surface area (Å²) in [6, 6.07) is 16.6. The van der Waals surface area contributed by atoms with E-state index in [0.29, 0.717) is 5.92 Å². The van der Waals surface area contributed by atoms with Crippen LogP contribution in [-0.4, -0.2) is 30.6 Å². The van der Waals surface area contributed by atoms with Crippen molar-refractivity contribution in [3.63, 3.8) is 0 Å². The number of likely N-dealkylation sites (tertiary alicyclic amines) is 1. The lowest BCUT2D eigenvalue weighted by Crippen LogP contribution is -2.39. The van der Waals surface area contributed by atoms with Crippen LogP contribution in [0.4, 0.5) is 10.5 Å². The van der Waals surface area contributed by atoms with Crippen molar-refractivity contribution in [1.29, 1.82) is 0 Å². The minimum Gasteiger partial charge on any atom is -0.338 e. The highest BCUT2D eigenvalue weighted by atomic mass is 16.2. The third-order valence-corrected chi connectivity index (χ3v) is 4.99. The number of urea groups is 1. The number of hydrogen-bond acceptors (Lipinski definition) is 2. The molecule has 26 heavy (non-hydrogen) atoms. The van der Waals surface area contributed by atoms with Crippen LogP contribution in [0.2, 0.25) is 0 Å². The van der Waals surface area contributed by atoms with Crippen molar-refractivity contribution in [2.75, 3.05) is 25.0 Å². The second kappa shape index (κ2) is 8.86. The lowest BCUT2D eigenvalue weighted by atomic mass is 9.96. The van der Waals surface area contributed by atoms with Crippen molar-refractivity contribution in [3.8, 4) is 0 Å². The zero-order valence-corrected chi connectivity index (χ0v) is 15.8. The summed E-state index contributed by atoms with van der Waals surface area (Å²) in [5, 5.41) is 5.98. The molecule has 0 atom stereocenters. The van der Waals surface area contributed by atoms with Crippen molar-refractivity contribution in [2.45, 2.75) is 33.2 Å². The van der Waals surface area contributed by atoms with Gasteiger partial charge in [-0.2, -0.15) is 0 Å². The van der Waals surface area contributed by atoms with Crippen LogP contribution in [0.1, 0.15) is 29.5 Å². The summed E-state index contributed by atoms with van der Waals surface area (Å²) in [5.41, 5.74) is 4.55. The number of nitrogens with zero attached hydrogens (tertiary/aromatic N) is 1. The van der Waals surface area contributed by atoms with Gasteiger partial charge in [0.15, 0.2) is 0 Å². The minimum atomic E-state index is -0.110. The lowest BCUT2D eigenvalue weighted by molar-refractivity contribution is 0.175. The number of carbonyl (C=O) groups is 1. The number of rotatable bonds is 5. The Hall–Kier alpha value is -2.33. The molecule has 0 radical (unpaired) electrons. The summed E-state index contributed by atoms with van der Waals surface area (Å²) < 4.78 is 0. The molecule has 1 aliphatic heterocycles. The van der Waals surface area contributed by atoms with Crippen molar-refractivity contribution < 1.29 is 4.79 Å². The highest BCUT2D eigenvalue weighted by Crippen LogP contribution is 2.19. The molecule has 1 aliphatic rings. The molecule has 1 saturated heterocycles. The summed E-state index contributed by atoms with van der Waals surface area (Å²) in [6.07, 6.45) is 2.27. The Bertz CT molecular complexity index is 701. The highest BCUT2D eigenvalue weighted by Gasteiger charge is 2.19. The number of hydrogen-bond donors (Lipinski definition) is 2. The Balaban J connectivity index is 1.38. The van der Waals surface area contributed by atoms with E-state index in [9.17, 15) is 4.79 Å². The van der Waals surface area contributed by atoms with Gasteiger partial charge in [-0.25, -0.2) is 4.79 Å². The van der Waals surface area contributed by atoms with Gasteiger partial charge in [-0.3, -0.25) is 4.90 Å². The second-order valence-corrected chi connectivity index (χ2v) is 7.42. The summed E-state index contributed by atoms with van der Waals surface area (Å²) in [6.45, 7) is 8.04. The fourth-order valence-corrected chi connectivity index (χ4v) is 3.65. The molecule has 4 nitrogen and oxygen atoms in total. The van der Waals surface area contributed by atoms with Gasteiger partial charge in [0, 0.05) is 18.8 Å². The van der Waals surface area contributed by atoms with Crippen LogP contribution in [0.15, 0.2) is 48.5 Å². The molecule has 4 heteroatoms. The van der Waals surface area contributed by atoms with E-state index < -0.39 is 0 Å². The SMILES string of the molecule is Cc1cc(C)cc(NC(=O)NCC2CCN(Cc3ccccc3)CC2)c1. The van der Waals surface area contributed by atoms with Gasteiger partial charge in [0.1, 0.15) is 0 Å². The first-order chi connectivity index (χ1) is 12.6. The average molecular weight is 351 g/mol. The van der Waals surface area contributed by atoms with Gasteiger partial charge in [-0.15, -0.1) is 0 Å². The number of nitrogens with one attached hydrogen (secondary N) is 2. The van der Waals surface area contributed by atoms with E-state index in [1.165, 1.54) is 5.56 Å². The maximum atomic E-state index is 12.2. The predicted octanol–water partition coefficient (Wildman–Crippen LogP) is 4.34. The molecule has 2 N–H and O–H groups in total. The fourth-order valence-electron chi connectivity index (χ4n) is 3.65. The van der Waals surface area contributed by atoms with E-state index in [0.717, 1.165) is 55.8 Å². The van der Waals surface area contributed by atoms with Crippen molar-refractivity contribution in [1.82, 2.24) is 10.2 Å². The molecular weight excluding hydrogens is 322 g/mol. The predicted molar refractivity (Wildman–Crippen MR) is 107 cm³/mol. The molecule has 0 spiro atoms. The number of benzene rings is 2. The maximum absolute atomic E-state index is 12.2. The molecular formula is C22H29N3O. The fraction of sp³-hybridized carbons (Fsp3) is 0.409. The van der Waals surface area contributed by atoms with E-state index in [2.05, 4.69) is 51.9 Å². The third-order valence-electron chi connectivity index (χ3n) is 4.99. The number of piperidine rings is 1. The van der Waals surface area contributed by atoms with E-state index >= 15 is 0 Å². The summed E-state index contributed by atoms with van der Waals surface area (Å²) in [5.74, 6) is 0.562. The molecule has 2 aromatic carbocycles. The molecule has 138 valence electrons. The molecule has 1 heterocycles. The second-order valence-electron chi connectivity index (χ2n) is 7.42. The number of amides is 2. The molecule has 0 aromatic heterocycles. The topological polar surface area (TPSA) is 44.4 Å². The quantitative estimate of drug-likeness (QED) is 0.842. The van der Waals surface area contributed by atoms with E-state index in [4.69, 9.17) is 0 Å². The summed E-state index contributed by atoms with van der Waals surface area (Å²) in [4.78, 5) is 14.7. The Morgan fingerprint density at radius 3 is 2.35 bits per heavy atom. The Morgan fingerprint density at radius 2 is 1.69 bits per heavy atom. The first-order valence-electron chi connectivity index (χ1n) is 9.48. The first-order valence-corrected chi connectivity index (χ1v) is 9.48. The highest BCUT2D eigenvalue weighted by molar-refractivity contribution is 5.89. The molecule has 2 aromatic rings. The number of carbonyl (C=O) groups excluding carboxylic acids is 1. The summed E-state index contributed by atoms with van der Waals surface area (Å²) in [7, 11) is 0. The molecule has 2 amide bonds. The standard InChI is InChI=1S/C22H29N3O/c1-17-12-18(2)14-21(13-17)24-22(26)23-15-19-8-10-25(11-9-19)16-20-6-4-3-5-7-20/h3-7,12-14,19H,8-11,15-16H2,1-2H3,(H2,23,24,26). The van der Waals surface area contributed by atoms with Crippen LogP contribution in [0.5, 0.6) is 0 Å². The van der Waals surface area contributed by atoms with Gasteiger partial charge in [-0.05, 0) is 74.5 Å². The maximum Gasteiger partial charge on any atom is 0.319 e. The van der Waals surface area contributed by atoms with Crippen molar-refractivity contribution in [3.05, 3.63) is 65.2 Å². The van der Waals surface area contributed by atoms with Crippen LogP contribution in [-0.2, 0) is 6.54 Å². The smallest absolute Gasteiger partial charge is 0.319 e. The largest absolute Gasteiger partial charge is 0.338 e. The monoisotopic (exact) mass is 351 g/mol. The molecule has 0 aliphatic carbocycles. The Kier molecular flexibility index (Phi) is 6.29. The van der Waals surface area contributed by atoms with Crippen LogP contribution in [0, 0.1) is 19.8 Å². The third kappa shape index (κ3) is 5.60. The molecule has 0 unspecified atom stereocenters. The van der Waals surface area contributed by atoms with Crippen LogP contribution in [0.3, 0.4) is 0 Å². The van der Waals surface area contributed by atoms with Gasteiger partial charge in [0.25, 0.3) is 0 Å². The molecule has 0 bridgehead atoms. The van der Waals surface area contributed by atoms with Gasteiger partial charge < -0.3 is 10.6 Å². The van der Waals surface area contributed by atoms with E-state index in [-0.39, 0.29) is 6.03 Å². The molecule has 3 rings (SSSR count). The summed E-state index contributed by atoms with van der Waals surface area (Å²) >= 11 is 0. The van der Waals surface area contributed by atoms with Gasteiger partial charge in [-0.1, -0.05) is 36.4 Å². The van der Waals surface area contributed by atoms with Gasteiger partial charge >= 0.3 is 6.03 Å². The lowest BCUT2D eigenvalue weighted by Gasteiger charge is -2.32. The molecule has 0 saturated carbocycles. The normalized spacial score (nSPS) is 15.6. The van der Waals surface area contributed by atoms with E-state index in [1.807, 2.05) is 26.0 Å². The zero-order valence-electron chi connectivity index (χ0n) is 15.8. The van der Waals surface area contributed by atoms with Gasteiger partial charge in [0.2, 0.25) is 0 Å². The van der Waals surface area contributed by atoms with Gasteiger partial charge in [0.05, 0.1) is 0 Å². The van der Waals surface area contributed by atoms with Crippen LogP contribution >= 0.6 is 0 Å². The Morgan fingerprint density at radius 1 is 1.04 bits per heavy atom. The molecule has 1 fully saturated rings. The number of anilines is 1. The van der Waals surface area contributed by atoms with Crippen LogP contribution in [0.25, 0.3) is 0 Å². The zero-order chi connectivity index (χ0) is 18.4. The van der Waals surface area contributed by atoms with Crippen LogP contribution < -0.4 is 10.6 Å².